The van der Waals surface area contributed by atoms with Crippen molar-refractivity contribution in [2.24, 2.45) is 0 Å². The summed E-state index contributed by atoms with van der Waals surface area (Å²) in [6, 6.07) is 5.69. The van der Waals surface area contributed by atoms with E-state index in [4.69, 9.17) is 4.42 Å². The number of amides is 3. The van der Waals surface area contributed by atoms with E-state index in [2.05, 4.69) is 10.3 Å². The zero-order valence-electron chi connectivity index (χ0n) is 15.7. The lowest BCUT2D eigenvalue weighted by Crippen LogP contribution is -2.45. The SMILES string of the molecule is Cc1nc2ccc(C(=O)N3CCCN(C(=O)NC4CCCC4)CC3)cc2o1. The monoisotopic (exact) mass is 370 g/mol. The average molecular weight is 370 g/mol. The van der Waals surface area contributed by atoms with Crippen LogP contribution < -0.4 is 5.32 Å². The molecular weight excluding hydrogens is 344 g/mol. The molecule has 1 aliphatic carbocycles. The Morgan fingerprint density at radius 3 is 2.63 bits per heavy atom. The van der Waals surface area contributed by atoms with Crippen LogP contribution in [0.4, 0.5) is 4.79 Å². The van der Waals surface area contributed by atoms with Crippen LogP contribution in [0.5, 0.6) is 0 Å². The predicted octanol–water partition coefficient (Wildman–Crippen LogP) is 2.94. The van der Waals surface area contributed by atoms with E-state index in [1.54, 1.807) is 19.1 Å². The van der Waals surface area contributed by atoms with Crippen LogP contribution in [-0.4, -0.2) is 58.9 Å². The van der Waals surface area contributed by atoms with Gasteiger partial charge in [-0.25, -0.2) is 9.78 Å². The van der Waals surface area contributed by atoms with E-state index in [0.717, 1.165) is 24.8 Å². The zero-order chi connectivity index (χ0) is 18.8. The maximum Gasteiger partial charge on any atom is 0.317 e. The van der Waals surface area contributed by atoms with Crippen molar-refractivity contribution < 1.29 is 14.0 Å². The van der Waals surface area contributed by atoms with E-state index < -0.39 is 0 Å². The molecule has 0 unspecified atom stereocenters. The molecule has 2 heterocycles. The molecule has 7 heteroatoms. The minimum absolute atomic E-state index is 0.00903. The van der Waals surface area contributed by atoms with Gasteiger partial charge in [0, 0.05) is 44.7 Å². The number of carbonyl (C=O) groups is 2. The van der Waals surface area contributed by atoms with E-state index in [0.29, 0.717) is 49.3 Å². The lowest BCUT2D eigenvalue weighted by Gasteiger charge is -2.24. The topological polar surface area (TPSA) is 78.7 Å². The standard InChI is InChI=1S/C20H26N4O3/c1-14-21-17-8-7-15(13-18(17)27-14)19(25)23-9-4-10-24(12-11-23)20(26)22-16-5-2-3-6-16/h7-8,13,16H,2-6,9-12H2,1H3,(H,22,26). The van der Waals surface area contributed by atoms with Gasteiger partial charge in [-0.15, -0.1) is 0 Å². The predicted molar refractivity (Wildman–Crippen MR) is 102 cm³/mol. The summed E-state index contributed by atoms with van der Waals surface area (Å²) in [6.45, 7) is 4.24. The molecule has 3 amide bonds. The zero-order valence-corrected chi connectivity index (χ0v) is 15.7. The molecule has 4 rings (SSSR count). The fraction of sp³-hybridized carbons (Fsp3) is 0.550. The summed E-state index contributed by atoms with van der Waals surface area (Å²) in [5.74, 6) is 0.567. The third-order valence-electron chi connectivity index (χ3n) is 5.50. The number of benzene rings is 1. The van der Waals surface area contributed by atoms with E-state index in [1.807, 2.05) is 15.9 Å². The number of carbonyl (C=O) groups excluding carboxylic acids is 2. The summed E-state index contributed by atoms with van der Waals surface area (Å²) in [7, 11) is 0. The average Bonchev–Trinajstić information content (AvgIpc) is 3.21. The molecule has 0 spiro atoms. The number of aryl methyl sites for hydroxylation is 1. The largest absolute Gasteiger partial charge is 0.441 e. The number of nitrogens with one attached hydrogen (secondary N) is 1. The molecule has 1 saturated carbocycles. The second kappa shape index (κ2) is 7.58. The molecular formula is C20H26N4O3. The molecule has 0 radical (unpaired) electrons. The van der Waals surface area contributed by atoms with Gasteiger partial charge in [-0.2, -0.15) is 0 Å². The van der Waals surface area contributed by atoms with E-state index in [-0.39, 0.29) is 11.9 Å². The van der Waals surface area contributed by atoms with Gasteiger partial charge in [0.05, 0.1) is 0 Å². The number of fused-ring (bicyclic) bond motifs is 1. The van der Waals surface area contributed by atoms with Crippen molar-refractivity contribution in [3.63, 3.8) is 0 Å². The normalized spacial score (nSPS) is 18.7. The van der Waals surface area contributed by atoms with Crippen LogP contribution >= 0.6 is 0 Å². The Labute approximate surface area is 158 Å². The van der Waals surface area contributed by atoms with Crippen molar-refractivity contribution in [2.45, 2.75) is 45.1 Å². The van der Waals surface area contributed by atoms with Crippen LogP contribution in [0.3, 0.4) is 0 Å². The van der Waals surface area contributed by atoms with Gasteiger partial charge >= 0.3 is 6.03 Å². The second-order valence-electron chi connectivity index (χ2n) is 7.48. The maximum atomic E-state index is 12.9. The van der Waals surface area contributed by atoms with Crippen LogP contribution in [0, 0.1) is 6.92 Å². The molecule has 27 heavy (non-hydrogen) atoms. The smallest absolute Gasteiger partial charge is 0.317 e. The number of aromatic nitrogens is 1. The third kappa shape index (κ3) is 3.91. The van der Waals surface area contributed by atoms with E-state index in [1.165, 1.54) is 12.8 Å². The van der Waals surface area contributed by atoms with Crippen LogP contribution in [-0.2, 0) is 0 Å². The lowest BCUT2D eigenvalue weighted by molar-refractivity contribution is 0.0762. The van der Waals surface area contributed by atoms with Gasteiger partial charge in [-0.1, -0.05) is 12.8 Å². The molecule has 1 aromatic carbocycles. The molecule has 0 atom stereocenters. The van der Waals surface area contributed by atoms with E-state index >= 15 is 0 Å². The quantitative estimate of drug-likeness (QED) is 0.882. The van der Waals surface area contributed by atoms with Crippen LogP contribution in [0.25, 0.3) is 11.1 Å². The number of oxazole rings is 1. The van der Waals surface area contributed by atoms with Gasteiger partial charge in [0.1, 0.15) is 5.52 Å². The molecule has 2 aliphatic rings. The minimum Gasteiger partial charge on any atom is -0.441 e. The summed E-state index contributed by atoms with van der Waals surface area (Å²) >= 11 is 0. The van der Waals surface area contributed by atoms with Crippen LogP contribution in [0.2, 0.25) is 0 Å². The molecule has 144 valence electrons. The van der Waals surface area contributed by atoms with Gasteiger partial charge < -0.3 is 19.5 Å². The molecule has 1 saturated heterocycles. The van der Waals surface area contributed by atoms with Crippen molar-refractivity contribution in [3.8, 4) is 0 Å². The molecule has 2 aromatic rings. The second-order valence-corrected chi connectivity index (χ2v) is 7.48. The highest BCUT2D eigenvalue weighted by Gasteiger charge is 2.25. The maximum absolute atomic E-state index is 12.9. The van der Waals surface area contributed by atoms with Crippen LogP contribution in [0.1, 0.15) is 48.4 Å². The first kappa shape index (κ1) is 17.8. The molecule has 1 aliphatic heterocycles. The van der Waals surface area contributed by atoms with Gasteiger partial charge in [-0.05, 0) is 37.5 Å². The number of nitrogens with zero attached hydrogens (tertiary/aromatic N) is 3. The first-order chi connectivity index (χ1) is 13.1. The van der Waals surface area contributed by atoms with Crippen LogP contribution in [0.15, 0.2) is 22.6 Å². The lowest BCUT2D eigenvalue weighted by atomic mass is 10.1. The van der Waals surface area contributed by atoms with Gasteiger partial charge in [0.2, 0.25) is 0 Å². The van der Waals surface area contributed by atoms with Crippen molar-refractivity contribution in [3.05, 3.63) is 29.7 Å². The Balaban J connectivity index is 1.39. The van der Waals surface area contributed by atoms with Gasteiger partial charge in [0.25, 0.3) is 5.91 Å². The Morgan fingerprint density at radius 1 is 1.07 bits per heavy atom. The molecule has 2 fully saturated rings. The summed E-state index contributed by atoms with van der Waals surface area (Å²) in [5.41, 5.74) is 1.99. The number of hydrogen-bond donors (Lipinski definition) is 1. The highest BCUT2D eigenvalue weighted by atomic mass is 16.3. The summed E-state index contributed by atoms with van der Waals surface area (Å²) < 4.78 is 5.54. The summed E-state index contributed by atoms with van der Waals surface area (Å²) in [5, 5.41) is 3.14. The Kier molecular flexibility index (Phi) is 5.01. The molecule has 1 aromatic heterocycles. The fourth-order valence-electron chi connectivity index (χ4n) is 4.02. The number of hydrogen-bond acceptors (Lipinski definition) is 4. The van der Waals surface area contributed by atoms with Gasteiger partial charge in [-0.3, -0.25) is 4.79 Å². The number of urea groups is 1. The van der Waals surface area contributed by atoms with Crippen molar-refractivity contribution in [1.29, 1.82) is 0 Å². The number of rotatable bonds is 2. The Bertz CT molecular complexity index is 841. The molecule has 7 nitrogen and oxygen atoms in total. The molecule has 0 bridgehead atoms. The Hall–Kier alpha value is -2.57. The molecule has 1 N–H and O–H groups in total. The fourth-order valence-corrected chi connectivity index (χ4v) is 4.02. The summed E-state index contributed by atoms with van der Waals surface area (Å²) in [6.07, 6.45) is 5.33. The Morgan fingerprint density at radius 2 is 1.81 bits per heavy atom. The highest BCUT2D eigenvalue weighted by Crippen LogP contribution is 2.20. The van der Waals surface area contributed by atoms with Gasteiger partial charge in [0.15, 0.2) is 11.5 Å². The third-order valence-corrected chi connectivity index (χ3v) is 5.50. The van der Waals surface area contributed by atoms with Crippen molar-refractivity contribution in [2.75, 3.05) is 26.2 Å². The summed E-state index contributed by atoms with van der Waals surface area (Å²) in [4.78, 5) is 33.3. The van der Waals surface area contributed by atoms with Crippen molar-refractivity contribution in [1.82, 2.24) is 20.1 Å². The first-order valence-electron chi connectivity index (χ1n) is 9.82. The minimum atomic E-state index is -0.0241. The highest BCUT2D eigenvalue weighted by molar-refractivity contribution is 5.97. The first-order valence-corrected chi connectivity index (χ1v) is 9.82. The van der Waals surface area contributed by atoms with Crippen molar-refractivity contribution >= 4 is 23.0 Å². The van der Waals surface area contributed by atoms with E-state index in [9.17, 15) is 9.59 Å².